The molecule has 21 heavy (non-hydrogen) atoms. The average molecular weight is 329 g/mol. The smallest absolute Gasteiger partial charge is 0.289 e. The van der Waals surface area contributed by atoms with Crippen molar-refractivity contribution in [2.45, 2.75) is 4.90 Å². The summed E-state index contributed by atoms with van der Waals surface area (Å²) in [6.45, 7) is 0. The predicted octanol–water partition coefficient (Wildman–Crippen LogP) is 2.03. The van der Waals surface area contributed by atoms with Crippen molar-refractivity contribution in [2.75, 3.05) is 10.5 Å². The van der Waals surface area contributed by atoms with Gasteiger partial charge in [-0.1, -0.05) is 11.6 Å². The number of nitro groups is 1. The molecule has 0 amide bonds. The van der Waals surface area contributed by atoms with E-state index < -0.39 is 20.6 Å². The molecule has 1 aromatic carbocycles. The van der Waals surface area contributed by atoms with Gasteiger partial charge in [-0.3, -0.25) is 14.8 Å². The number of nitrogen functional groups attached to an aromatic ring is 1. The Balaban J connectivity index is 2.35. The van der Waals surface area contributed by atoms with E-state index in [1.165, 1.54) is 24.3 Å². The van der Waals surface area contributed by atoms with Gasteiger partial charge in [0.05, 0.1) is 10.6 Å². The molecule has 110 valence electrons. The first kappa shape index (κ1) is 15.0. The van der Waals surface area contributed by atoms with Gasteiger partial charge in [-0.25, -0.2) is 13.4 Å². The minimum Gasteiger partial charge on any atom is -0.384 e. The van der Waals surface area contributed by atoms with Crippen LogP contribution in [0.25, 0.3) is 0 Å². The number of hydrogen-bond acceptors (Lipinski definition) is 6. The standard InChI is InChI=1S/C11H9ClN4O4S/c12-9-3-1-7(5-10(9)16(17)18)15-21(19,20)8-2-4-11(13)14-6-8/h1-6,15H,(H2,13,14). The summed E-state index contributed by atoms with van der Waals surface area (Å²) >= 11 is 5.65. The van der Waals surface area contributed by atoms with Crippen molar-refractivity contribution >= 4 is 38.8 Å². The highest BCUT2D eigenvalue weighted by molar-refractivity contribution is 7.92. The Kier molecular flexibility index (Phi) is 3.96. The van der Waals surface area contributed by atoms with Crippen molar-refractivity contribution in [1.29, 1.82) is 0 Å². The number of nitrogens with zero attached hydrogens (tertiary/aromatic N) is 2. The van der Waals surface area contributed by atoms with Crippen molar-refractivity contribution in [1.82, 2.24) is 4.98 Å². The molecule has 0 spiro atoms. The zero-order valence-electron chi connectivity index (χ0n) is 10.4. The van der Waals surface area contributed by atoms with E-state index in [2.05, 4.69) is 9.71 Å². The molecule has 3 N–H and O–H groups in total. The number of pyridine rings is 1. The Hall–Kier alpha value is -2.39. The number of halogens is 1. The van der Waals surface area contributed by atoms with Crippen LogP contribution in [-0.4, -0.2) is 18.3 Å². The molecule has 0 radical (unpaired) electrons. The van der Waals surface area contributed by atoms with Crippen molar-refractivity contribution in [3.63, 3.8) is 0 Å². The van der Waals surface area contributed by atoms with Gasteiger partial charge in [-0.05, 0) is 24.3 Å². The number of nitrogens with one attached hydrogen (secondary N) is 1. The molecule has 0 aliphatic rings. The molecule has 0 aliphatic heterocycles. The maximum Gasteiger partial charge on any atom is 0.289 e. The normalized spacial score (nSPS) is 11.1. The number of nitrogens with two attached hydrogens (primary N) is 1. The monoisotopic (exact) mass is 328 g/mol. The van der Waals surface area contributed by atoms with Crippen LogP contribution in [-0.2, 0) is 10.0 Å². The number of sulfonamides is 1. The van der Waals surface area contributed by atoms with E-state index in [0.29, 0.717) is 0 Å². The van der Waals surface area contributed by atoms with E-state index >= 15 is 0 Å². The van der Waals surface area contributed by atoms with Crippen LogP contribution in [0.2, 0.25) is 5.02 Å². The Morgan fingerprint density at radius 3 is 2.57 bits per heavy atom. The third-order valence-electron chi connectivity index (χ3n) is 2.46. The Morgan fingerprint density at radius 1 is 1.29 bits per heavy atom. The average Bonchev–Trinajstić information content (AvgIpc) is 2.41. The molecule has 2 rings (SSSR count). The molecule has 0 fully saturated rings. The van der Waals surface area contributed by atoms with E-state index in [1.807, 2.05) is 0 Å². The Bertz CT molecular complexity index is 792. The summed E-state index contributed by atoms with van der Waals surface area (Å²) < 4.78 is 26.4. The lowest BCUT2D eigenvalue weighted by atomic mass is 10.3. The van der Waals surface area contributed by atoms with Crippen LogP contribution in [0.1, 0.15) is 0 Å². The van der Waals surface area contributed by atoms with Crippen molar-refractivity contribution in [3.8, 4) is 0 Å². The second-order valence-electron chi connectivity index (χ2n) is 3.95. The van der Waals surface area contributed by atoms with Crippen molar-refractivity contribution < 1.29 is 13.3 Å². The quantitative estimate of drug-likeness (QED) is 0.652. The number of benzene rings is 1. The van der Waals surface area contributed by atoms with E-state index in [0.717, 1.165) is 12.3 Å². The highest BCUT2D eigenvalue weighted by Gasteiger charge is 2.18. The summed E-state index contributed by atoms with van der Waals surface area (Å²) in [5.41, 5.74) is 5.00. The zero-order chi connectivity index (χ0) is 15.6. The number of hydrogen-bond donors (Lipinski definition) is 2. The molecular formula is C11H9ClN4O4S. The van der Waals surface area contributed by atoms with Gasteiger partial charge in [-0.2, -0.15) is 0 Å². The van der Waals surface area contributed by atoms with Gasteiger partial charge >= 0.3 is 0 Å². The number of nitro benzene ring substituents is 1. The summed E-state index contributed by atoms with van der Waals surface area (Å²) in [7, 11) is -3.92. The summed E-state index contributed by atoms with van der Waals surface area (Å²) in [5.74, 6) is 0.177. The number of anilines is 2. The van der Waals surface area contributed by atoms with Crippen LogP contribution in [0.15, 0.2) is 41.4 Å². The minimum atomic E-state index is -3.92. The lowest BCUT2D eigenvalue weighted by Crippen LogP contribution is -2.13. The van der Waals surface area contributed by atoms with Crippen LogP contribution in [0.5, 0.6) is 0 Å². The molecule has 10 heteroatoms. The number of rotatable bonds is 4. The highest BCUT2D eigenvalue weighted by Crippen LogP contribution is 2.28. The SMILES string of the molecule is Nc1ccc(S(=O)(=O)Nc2ccc(Cl)c([N+](=O)[O-])c2)cn1. The molecule has 0 saturated carbocycles. The van der Waals surface area contributed by atoms with Crippen LogP contribution < -0.4 is 10.5 Å². The highest BCUT2D eigenvalue weighted by atomic mass is 35.5. The molecule has 2 aromatic rings. The first-order valence-corrected chi connectivity index (χ1v) is 7.34. The summed E-state index contributed by atoms with van der Waals surface area (Å²) in [4.78, 5) is 13.6. The first-order chi connectivity index (χ1) is 9.79. The molecule has 8 nitrogen and oxygen atoms in total. The number of aromatic nitrogens is 1. The van der Waals surface area contributed by atoms with Gasteiger partial charge < -0.3 is 5.73 Å². The molecular weight excluding hydrogens is 320 g/mol. The van der Waals surface area contributed by atoms with Gasteiger partial charge in [0.15, 0.2) is 0 Å². The van der Waals surface area contributed by atoms with Crippen LogP contribution in [0.4, 0.5) is 17.2 Å². The largest absolute Gasteiger partial charge is 0.384 e. The molecule has 1 aromatic heterocycles. The van der Waals surface area contributed by atoms with E-state index in [-0.39, 0.29) is 21.4 Å². The topological polar surface area (TPSA) is 128 Å². The molecule has 0 saturated heterocycles. The molecule has 0 bridgehead atoms. The maximum absolute atomic E-state index is 12.1. The van der Waals surface area contributed by atoms with E-state index in [4.69, 9.17) is 17.3 Å². The van der Waals surface area contributed by atoms with Crippen LogP contribution >= 0.6 is 11.6 Å². The second kappa shape index (κ2) is 5.54. The van der Waals surface area contributed by atoms with Gasteiger partial charge in [-0.15, -0.1) is 0 Å². The van der Waals surface area contributed by atoms with E-state index in [1.54, 1.807) is 0 Å². The van der Waals surface area contributed by atoms with Gasteiger partial charge in [0, 0.05) is 12.3 Å². The fourth-order valence-electron chi connectivity index (χ4n) is 1.48. The molecule has 1 heterocycles. The van der Waals surface area contributed by atoms with Gasteiger partial charge in [0.1, 0.15) is 15.7 Å². The van der Waals surface area contributed by atoms with Crippen molar-refractivity contribution in [3.05, 3.63) is 51.7 Å². The third kappa shape index (κ3) is 3.38. The fraction of sp³-hybridized carbons (Fsp3) is 0. The Labute approximate surface area is 124 Å². The summed E-state index contributed by atoms with van der Waals surface area (Å²) in [6, 6.07) is 6.19. The molecule has 0 atom stereocenters. The van der Waals surface area contributed by atoms with Crippen LogP contribution in [0.3, 0.4) is 0 Å². The van der Waals surface area contributed by atoms with Crippen LogP contribution in [0, 0.1) is 10.1 Å². The van der Waals surface area contributed by atoms with E-state index in [9.17, 15) is 18.5 Å². The summed E-state index contributed by atoms with van der Waals surface area (Å²) in [5, 5.41) is 10.7. The maximum atomic E-state index is 12.1. The minimum absolute atomic E-state index is 0.0166. The lowest BCUT2D eigenvalue weighted by molar-refractivity contribution is -0.384. The predicted molar refractivity (Wildman–Crippen MR) is 77.6 cm³/mol. The van der Waals surface area contributed by atoms with Gasteiger partial charge in [0.2, 0.25) is 0 Å². The second-order valence-corrected chi connectivity index (χ2v) is 6.04. The third-order valence-corrected chi connectivity index (χ3v) is 4.15. The Morgan fingerprint density at radius 2 is 2.00 bits per heavy atom. The molecule has 0 unspecified atom stereocenters. The lowest BCUT2D eigenvalue weighted by Gasteiger charge is -2.08. The molecule has 0 aliphatic carbocycles. The first-order valence-electron chi connectivity index (χ1n) is 5.48. The summed E-state index contributed by atoms with van der Waals surface area (Å²) in [6.07, 6.45) is 1.09. The van der Waals surface area contributed by atoms with Gasteiger partial charge in [0.25, 0.3) is 15.7 Å². The fourth-order valence-corrected chi connectivity index (χ4v) is 2.66. The van der Waals surface area contributed by atoms with Crippen molar-refractivity contribution in [2.24, 2.45) is 0 Å². The zero-order valence-corrected chi connectivity index (χ0v) is 11.9.